The number of fused-ring (bicyclic) bond motifs is 4. The molecule has 1 saturated carbocycles. The van der Waals surface area contributed by atoms with E-state index in [-0.39, 0.29) is 18.6 Å². The fraction of sp³-hybridized carbons (Fsp3) is 1.00. The van der Waals surface area contributed by atoms with Gasteiger partial charge in [0, 0.05) is 18.8 Å². The Morgan fingerprint density at radius 1 is 0.771 bits per heavy atom. The third-order valence-corrected chi connectivity index (χ3v) is 7.81. The van der Waals surface area contributed by atoms with Gasteiger partial charge in [0.2, 0.25) is 12.1 Å². The van der Waals surface area contributed by atoms with Crippen molar-refractivity contribution in [2.75, 3.05) is 6.61 Å². The average molecular weight is 503 g/mol. The SMILES string of the molecule is C[C@@H]1C(O)[C@H](OCC2O[C@@H]3OC(C)(C)OC3[C@H]3OC(C)(C)O[C@@H]23)OC2OOC3(CCCCC3)O[C@H]21. The maximum absolute atomic E-state index is 11.0. The molecule has 0 aromatic heterocycles. The van der Waals surface area contributed by atoms with Gasteiger partial charge in [0.1, 0.15) is 36.6 Å². The molecule has 0 bridgehead atoms. The van der Waals surface area contributed by atoms with Crippen molar-refractivity contribution in [3.05, 3.63) is 0 Å². The average Bonchev–Trinajstić information content (AvgIpc) is 3.30. The second kappa shape index (κ2) is 8.81. The van der Waals surface area contributed by atoms with Crippen LogP contribution in [0, 0.1) is 5.92 Å². The molecule has 5 saturated heterocycles. The van der Waals surface area contributed by atoms with Crippen molar-refractivity contribution >= 4 is 0 Å². The number of rotatable bonds is 3. The van der Waals surface area contributed by atoms with Gasteiger partial charge in [-0.1, -0.05) is 13.3 Å². The molecule has 5 heterocycles. The van der Waals surface area contributed by atoms with Crippen molar-refractivity contribution in [2.45, 2.75) is 140 Å². The molecule has 35 heavy (non-hydrogen) atoms. The summed E-state index contributed by atoms with van der Waals surface area (Å²) >= 11 is 0. The van der Waals surface area contributed by atoms with Gasteiger partial charge in [0.15, 0.2) is 24.2 Å². The maximum atomic E-state index is 11.0. The minimum atomic E-state index is -0.953. The van der Waals surface area contributed by atoms with Crippen LogP contribution in [0.5, 0.6) is 0 Å². The molecule has 11 nitrogen and oxygen atoms in total. The monoisotopic (exact) mass is 502 g/mol. The van der Waals surface area contributed by atoms with Crippen molar-refractivity contribution in [3.8, 4) is 0 Å². The molecule has 1 aliphatic carbocycles. The van der Waals surface area contributed by atoms with Gasteiger partial charge in [0.05, 0.1) is 6.61 Å². The van der Waals surface area contributed by atoms with Crippen molar-refractivity contribution < 1.29 is 52.8 Å². The zero-order chi connectivity index (χ0) is 24.6. The van der Waals surface area contributed by atoms with Gasteiger partial charge in [-0.15, -0.1) is 0 Å². The quantitative estimate of drug-likeness (QED) is 0.573. The number of aliphatic hydroxyl groups excluding tert-OH is 1. The van der Waals surface area contributed by atoms with Crippen LogP contribution in [0.2, 0.25) is 0 Å². The Bertz CT molecular complexity index is 781. The molecule has 200 valence electrons. The van der Waals surface area contributed by atoms with Gasteiger partial charge in [-0.05, 0) is 40.5 Å². The summed E-state index contributed by atoms with van der Waals surface area (Å²) in [6.07, 6.45) is -0.765. The molecule has 1 N–H and O–H groups in total. The first-order chi connectivity index (χ1) is 16.5. The van der Waals surface area contributed by atoms with E-state index in [9.17, 15) is 5.11 Å². The fourth-order valence-electron chi connectivity index (χ4n) is 6.07. The van der Waals surface area contributed by atoms with E-state index in [1.807, 2.05) is 34.6 Å². The molecule has 6 fully saturated rings. The van der Waals surface area contributed by atoms with Crippen molar-refractivity contribution in [1.82, 2.24) is 0 Å². The van der Waals surface area contributed by atoms with Crippen LogP contribution in [0.3, 0.4) is 0 Å². The predicted octanol–water partition coefficient (Wildman–Crippen LogP) is 2.09. The summed E-state index contributed by atoms with van der Waals surface area (Å²) in [6, 6.07) is 0. The summed E-state index contributed by atoms with van der Waals surface area (Å²) in [6.45, 7) is 9.39. The zero-order valence-electron chi connectivity index (χ0n) is 21.0. The van der Waals surface area contributed by atoms with Crippen LogP contribution >= 0.6 is 0 Å². The molecule has 1 spiro atoms. The van der Waals surface area contributed by atoms with E-state index in [0.29, 0.717) is 0 Å². The van der Waals surface area contributed by atoms with Gasteiger partial charge < -0.3 is 43.0 Å². The van der Waals surface area contributed by atoms with Crippen LogP contribution in [0.1, 0.15) is 66.7 Å². The highest BCUT2D eigenvalue weighted by Crippen LogP contribution is 2.45. The summed E-state index contributed by atoms with van der Waals surface area (Å²) < 4.78 is 48.8. The largest absolute Gasteiger partial charge is 0.387 e. The Morgan fingerprint density at radius 3 is 2.23 bits per heavy atom. The smallest absolute Gasteiger partial charge is 0.220 e. The molecule has 10 atom stereocenters. The van der Waals surface area contributed by atoms with E-state index >= 15 is 0 Å². The first-order valence-electron chi connectivity index (χ1n) is 12.9. The van der Waals surface area contributed by atoms with Gasteiger partial charge in [-0.3, -0.25) is 0 Å². The first-order valence-corrected chi connectivity index (χ1v) is 12.9. The van der Waals surface area contributed by atoms with Gasteiger partial charge in [-0.25, -0.2) is 0 Å². The third-order valence-electron chi connectivity index (χ3n) is 7.81. The number of ether oxygens (including phenoxy) is 8. The van der Waals surface area contributed by atoms with Crippen LogP contribution in [0.25, 0.3) is 0 Å². The molecule has 0 aromatic carbocycles. The molecular formula is C24H38O11. The van der Waals surface area contributed by atoms with Gasteiger partial charge in [-0.2, -0.15) is 9.78 Å². The van der Waals surface area contributed by atoms with E-state index in [2.05, 4.69) is 0 Å². The summed E-state index contributed by atoms with van der Waals surface area (Å²) in [7, 11) is 0. The van der Waals surface area contributed by atoms with Crippen LogP contribution in [-0.4, -0.2) is 84.6 Å². The van der Waals surface area contributed by atoms with E-state index in [1.165, 1.54) is 0 Å². The van der Waals surface area contributed by atoms with Crippen molar-refractivity contribution in [3.63, 3.8) is 0 Å². The fourth-order valence-corrected chi connectivity index (χ4v) is 6.07. The number of hydrogen-bond acceptors (Lipinski definition) is 11. The highest BCUT2D eigenvalue weighted by Gasteiger charge is 2.61. The molecule has 5 aliphatic heterocycles. The summed E-state index contributed by atoms with van der Waals surface area (Å²) in [5.41, 5.74) is 0. The topological polar surface area (TPSA) is 113 Å². The van der Waals surface area contributed by atoms with Crippen molar-refractivity contribution in [1.29, 1.82) is 0 Å². The zero-order valence-corrected chi connectivity index (χ0v) is 21.0. The highest BCUT2D eigenvalue weighted by atomic mass is 17.3. The minimum Gasteiger partial charge on any atom is -0.387 e. The summed E-state index contributed by atoms with van der Waals surface area (Å²) in [5, 5.41) is 11.0. The standard InChI is InChI=1S/C24H38O11/c1-12-14(25)19(28-21-15(12)32-24(35-34-21)9-7-6-8-10-24)26-11-13-16-17(30-22(2,3)29-16)18-20(27-13)33-23(4,5)31-18/h12-21,25H,6-11H2,1-5H3/t12-,13?,14?,15+,16+,17+,18?,19-,20-,21?/m1/s1. The van der Waals surface area contributed by atoms with E-state index in [4.69, 9.17) is 47.7 Å². The molecule has 4 unspecified atom stereocenters. The lowest BCUT2D eigenvalue weighted by molar-refractivity contribution is -0.561. The van der Waals surface area contributed by atoms with Crippen LogP contribution in [-0.2, 0) is 47.7 Å². The lowest BCUT2D eigenvalue weighted by Gasteiger charge is -2.50. The minimum absolute atomic E-state index is 0.0884. The van der Waals surface area contributed by atoms with E-state index in [0.717, 1.165) is 32.1 Å². The summed E-state index contributed by atoms with van der Waals surface area (Å²) in [5.74, 6) is -2.64. The second-order valence-electron chi connectivity index (χ2n) is 11.5. The van der Waals surface area contributed by atoms with Crippen LogP contribution in [0.4, 0.5) is 0 Å². The van der Waals surface area contributed by atoms with Crippen LogP contribution < -0.4 is 0 Å². The van der Waals surface area contributed by atoms with Gasteiger partial charge >= 0.3 is 0 Å². The lowest BCUT2D eigenvalue weighted by atomic mass is 9.90. The summed E-state index contributed by atoms with van der Waals surface area (Å²) in [4.78, 5) is 11.3. The van der Waals surface area contributed by atoms with E-state index in [1.54, 1.807) is 0 Å². The van der Waals surface area contributed by atoms with Gasteiger partial charge in [0.25, 0.3) is 0 Å². The van der Waals surface area contributed by atoms with E-state index < -0.39 is 66.8 Å². The lowest BCUT2D eigenvalue weighted by Crippen LogP contribution is -2.62. The van der Waals surface area contributed by atoms with Crippen molar-refractivity contribution in [2.24, 2.45) is 5.92 Å². The Hall–Kier alpha value is -0.440. The first kappa shape index (κ1) is 24.9. The molecule has 6 rings (SSSR count). The molecule has 0 radical (unpaired) electrons. The normalized spacial score (nSPS) is 49.9. The molecular weight excluding hydrogens is 464 g/mol. The number of aliphatic hydroxyl groups is 1. The molecule has 0 aromatic rings. The molecule has 6 aliphatic rings. The Kier molecular flexibility index (Phi) is 6.26. The third kappa shape index (κ3) is 4.57. The Balaban J connectivity index is 1.11. The molecule has 0 amide bonds. The van der Waals surface area contributed by atoms with Crippen LogP contribution in [0.15, 0.2) is 0 Å². The second-order valence-corrected chi connectivity index (χ2v) is 11.5. The number of hydrogen-bond donors (Lipinski definition) is 1. The Morgan fingerprint density at radius 2 is 1.46 bits per heavy atom. The molecule has 11 heteroatoms. The Labute approximate surface area is 205 Å². The predicted molar refractivity (Wildman–Crippen MR) is 115 cm³/mol. The maximum Gasteiger partial charge on any atom is 0.220 e. The highest BCUT2D eigenvalue weighted by molar-refractivity contribution is 5.00.